The Morgan fingerprint density at radius 3 is 3.07 bits per heavy atom. The lowest BCUT2D eigenvalue weighted by atomic mass is 9.94. The fraction of sp³-hybridized carbons (Fsp3) is 0.455. The van der Waals surface area contributed by atoms with Crippen LogP contribution >= 0.6 is 11.3 Å². The largest absolute Gasteiger partial charge is 0.302 e. The molecule has 1 N–H and O–H groups in total. The number of aryl methyl sites for hydroxylation is 1. The van der Waals surface area contributed by atoms with Gasteiger partial charge in [-0.05, 0) is 26.2 Å². The number of hydrogen-bond acceptors (Lipinski definition) is 3. The van der Waals surface area contributed by atoms with Crippen molar-refractivity contribution in [2.75, 3.05) is 5.32 Å². The Bertz CT molecular complexity index is 384. The van der Waals surface area contributed by atoms with Crippen molar-refractivity contribution in [3.63, 3.8) is 0 Å². The Kier molecular flexibility index (Phi) is 3.16. The molecule has 1 amide bonds. The summed E-state index contributed by atoms with van der Waals surface area (Å²) in [5, 5.41) is 3.58. The lowest BCUT2D eigenvalue weighted by Gasteiger charge is -2.15. The molecule has 15 heavy (non-hydrogen) atoms. The van der Waals surface area contributed by atoms with Gasteiger partial charge in [0.25, 0.3) is 0 Å². The van der Waals surface area contributed by atoms with E-state index in [1.807, 2.05) is 6.92 Å². The van der Waals surface area contributed by atoms with Gasteiger partial charge in [0.1, 0.15) is 0 Å². The van der Waals surface area contributed by atoms with Gasteiger partial charge in [0.15, 0.2) is 5.13 Å². The summed E-state index contributed by atoms with van der Waals surface area (Å²) in [6, 6.07) is 0. The van der Waals surface area contributed by atoms with Gasteiger partial charge >= 0.3 is 0 Å². The van der Waals surface area contributed by atoms with Crippen LogP contribution in [0.15, 0.2) is 18.3 Å². The van der Waals surface area contributed by atoms with Crippen molar-refractivity contribution in [3.05, 3.63) is 23.2 Å². The van der Waals surface area contributed by atoms with Gasteiger partial charge in [-0.2, -0.15) is 0 Å². The average molecular weight is 222 g/mol. The molecule has 0 saturated carbocycles. The van der Waals surface area contributed by atoms with Crippen LogP contribution in [0.5, 0.6) is 0 Å². The number of rotatable bonds is 2. The van der Waals surface area contributed by atoms with E-state index in [0.717, 1.165) is 24.1 Å². The van der Waals surface area contributed by atoms with Gasteiger partial charge in [0.05, 0.1) is 0 Å². The van der Waals surface area contributed by atoms with E-state index in [2.05, 4.69) is 22.5 Å². The molecule has 1 atom stereocenters. The highest BCUT2D eigenvalue weighted by Crippen LogP contribution is 2.22. The summed E-state index contributed by atoms with van der Waals surface area (Å²) >= 11 is 1.52. The molecule has 80 valence electrons. The number of nitrogens with one attached hydrogen (secondary N) is 1. The van der Waals surface area contributed by atoms with E-state index in [-0.39, 0.29) is 11.8 Å². The van der Waals surface area contributed by atoms with Crippen molar-refractivity contribution in [3.8, 4) is 0 Å². The number of allylic oxidation sites excluding steroid dienone is 2. The van der Waals surface area contributed by atoms with Crippen LogP contribution in [-0.4, -0.2) is 10.9 Å². The van der Waals surface area contributed by atoms with Crippen molar-refractivity contribution in [2.24, 2.45) is 5.92 Å². The van der Waals surface area contributed by atoms with Gasteiger partial charge in [0, 0.05) is 17.0 Å². The Morgan fingerprint density at radius 2 is 2.47 bits per heavy atom. The van der Waals surface area contributed by atoms with Crippen molar-refractivity contribution >= 4 is 22.4 Å². The summed E-state index contributed by atoms with van der Waals surface area (Å²) in [6.45, 7) is 1.98. The van der Waals surface area contributed by atoms with E-state index >= 15 is 0 Å². The molecule has 0 fully saturated rings. The summed E-state index contributed by atoms with van der Waals surface area (Å²) in [7, 11) is 0. The molecule has 1 aromatic heterocycles. The SMILES string of the molecule is Cc1cnc(NC(=O)C2CC=CCC2)s1. The molecule has 3 nitrogen and oxygen atoms in total. The first kappa shape index (κ1) is 10.4. The van der Waals surface area contributed by atoms with Crippen LogP contribution < -0.4 is 5.32 Å². The van der Waals surface area contributed by atoms with E-state index in [1.54, 1.807) is 6.20 Å². The van der Waals surface area contributed by atoms with Gasteiger partial charge in [0.2, 0.25) is 5.91 Å². The number of nitrogens with zero attached hydrogens (tertiary/aromatic N) is 1. The monoisotopic (exact) mass is 222 g/mol. The predicted molar refractivity (Wildman–Crippen MR) is 62.0 cm³/mol. The van der Waals surface area contributed by atoms with Crippen LogP contribution in [0.1, 0.15) is 24.1 Å². The summed E-state index contributed by atoms with van der Waals surface area (Å²) < 4.78 is 0. The molecule has 4 heteroatoms. The predicted octanol–water partition coefficient (Wildman–Crippen LogP) is 2.75. The normalized spacial score (nSPS) is 20.2. The summed E-state index contributed by atoms with van der Waals surface area (Å²) in [6.07, 6.45) is 8.82. The molecular formula is C11H14N2OS. The topological polar surface area (TPSA) is 42.0 Å². The minimum Gasteiger partial charge on any atom is -0.302 e. The maximum atomic E-state index is 11.8. The lowest BCUT2D eigenvalue weighted by molar-refractivity contribution is -0.120. The Hall–Kier alpha value is -1.16. The minimum absolute atomic E-state index is 0.105. The first-order valence-corrected chi connectivity index (χ1v) is 5.95. The summed E-state index contributed by atoms with van der Waals surface area (Å²) in [5.74, 6) is 0.230. The van der Waals surface area contributed by atoms with Crippen molar-refractivity contribution in [1.82, 2.24) is 4.98 Å². The zero-order valence-corrected chi connectivity index (χ0v) is 9.51. The Balaban J connectivity index is 1.94. The molecule has 0 radical (unpaired) electrons. The van der Waals surface area contributed by atoms with Crippen LogP contribution in [0.2, 0.25) is 0 Å². The number of carbonyl (C=O) groups excluding carboxylic acids is 1. The van der Waals surface area contributed by atoms with Crippen LogP contribution in [0.3, 0.4) is 0 Å². The second-order valence-corrected chi connectivity index (χ2v) is 4.98. The fourth-order valence-corrected chi connectivity index (χ4v) is 2.32. The summed E-state index contributed by atoms with van der Waals surface area (Å²) in [4.78, 5) is 17.0. The third-order valence-electron chi connectivity index (χ3n) is 2.49. The minimum atomic E-state index is 0.105. The maximum absolute atomic E-state index is 11.8. The third-order valence-corrected chi connectivity index (χ3v) is 3.32. The van der Waals surface area contributed by atoms with E-state index in [4.69, 9.17) is 0 Å². The quantitative estimate of drug-likeness (QED) is 0.782. The molecule has 1 unspecified atom stereocenters. The van der Waals surface area contributed by atoms with Gasteiger partial charge in [-0.3, -0.25) is 4.79 Å². The van der Waals surface area contributed by atoms with Gasteiger partial charge < -0.3 is 5.32 Å². The molecular weight excluding hydrogens is 208 g/mol. The van der Waals surface area contributed by atoms with Gasteiger partial charge in [-0.15, -0.1) is 11.3 Å². The Morgan fingerprint density at radius 1 is 1.60 bits per heavy atom. The standard InChI is InChI=1S/C11H14N2OS/c1-8-7-12-11(15-8)13-10(14)9-5-3-2-4-6-9/h2-3,7,9H,4-6H2,1H3,(H,12,13,14). The molecule has 0 aromatic carbocycles. The smallest absolute Gasteiger partial charge is 0.229 e. The maximum Gasteiger partial charge on any atom is 0.229 e. The van der Waals surface area contributed by atoms with Gasteiger partial charge in [-0.25, -0.2) is 4.98 Å². The number of thiazole rings is 1. The van der Waals surface area contributed by atoms with E-state index in [1.165, 1.54) is 11.3 Å². The second kappa shape index (κ2) is 4.57. The first-order valence-electron chi connectivity index (χ1n) is 5.14. The second-order valence-electron chi connectivity index (χ2n) is 3.75. The molecule has 0 aliphatic heterocycles. The van der Waals surface area contributed by atoms with E-state index in [9.17, 15) is 4.79 Å². The highest BCUT2D eigenvalue weighted by Gasteiger charge is 2.19. The van der Waals surface area contributed by atoms with Crippen molar-refractivity contribution in [2.45, 2.75) is 26.2 Å². The van der Waals surface area contributed by atoms with Crippen LogP contribution in [0, 0.1) is 12.8 Å². The molecule has 1 heterocycles. The molecule has 1 aliphatic carbocycles. The lowest BCUT2D eigenvalue weighted by Crippen LogP contribution is -2.23. The molecule has 0 bridgehead atoms. The molecule has 0 saturated heterocycles. The molecule has 1 aromatic rings. The molecule has 0 spiro atoms. The summed E-state index contributed by atoms with van der Waals surface area (Å²) in [5.41, 5.74) is 0. The van der Waals surface area contributed by atoms with E-state index in [0.29, 0.717) is 5.13 Å². The van der Waals surface area contributed by atoms with Crippen molar-refractivity contribution in [1.29, 1.82) is 0 Å². The number of aromatic nitrogens is 1. The number of amides is 1. The number of anilines is 1. The number of carbonyl (C=O) groups is 1. The van der Waals surface area contributed by atoms with E-state index < -0.39 is 0 Å². The Labute approximate surface area is 93.2 Å². The van der Waals surface area contributed by atoms with Crippen molar-refractivity contribution < 1.29 is 4.79 Å². The highest BCUT2D eigenvalue weighted by atomic mass is 32.1. The molecule has 1 aliphatic rings. The van der Waals surface area contributed by atoms with Gasteiger partial charge in [-0.1, -0.05) is 12.2 Å². The van der Waals surface area contributed by atoms with Crippen LogP contribution in [0.25, 0.3) is 0 Å². The molecule has 2 rings (SSSR count). The van der Waals surface area contributed by atoms with Crippen LogP contribution in [0.4, 0.5) is 5.13 Å². The number of hydrogen-bond donors (Lipinski definition) is 1. The zero-order valence-electron chi connectivity index (χ0n) is 8.69. The fourth-order valence-electron chi connectivity index (χ4n) is 1.65. The average Bonchev–Trinajstić information content (AvgIpc) is 2.65. The third kappa shape index (κ3) is 2.65. The van der Waals surface area contributed by atoms with Crippen LogP contribution in [-0.2, 0) is 4.79 Å². The highest BCUT2D eigenvalue weighted by molar-refractivity contribution is 7.15. The zero-order chi connectivity index (χ0) is 10.7. The first-order chi connectivity index (χ1) is 7.25.